The van der Waals surface area contributed by atoms with Gasteiger partial charge in [-0.05, 0) is 24.1 Å². The number of nitrogens with one attached hydrogen (secondary N) is 2. The normalized spacial score (nSPS) is 16.8. The highest BCUT2D eigenvalue weighted by Crippen LogP contribution is 2.25. The minimum absolute atomic E-state index is 0.0354. The highest BCUT2D eigenvalue weighted by molar-refractivity contribution is 8.00. The number of nitrogens with zero attached hydrogens (tertiary/aromatic N) is 1. The van der Waals surface area contributed by atoms with Crippen LogP contribution in [0.25, 0.3) is 0 Å². The van der Waals surface area contributed by atoms with Gasteiger partial charge in [0.15, 0.2) is 0 Å². The fraction of sp³-hybridized carbons (Fsp3) is 0.450. The van der Waals surface area contributed by atoms with Gasteiger partial charge in [0.05, 0.1) is 5.25 Å². The zero-order valence-corrected chi connectivity index (χ0v) is 17.8. The first-order valence-corrected chi connectivity index (χ1v) is 10.7. The Morgan fingerprint density at radius 1 is 1.23 bits per heavy atom. The van der Waals surface area contributed by atoms with Crippen LogP contribution in [0.2, 0.25) is 0 Å². The van der Waals surface area contributed by atoms with Crippen LogP contribution in [0.1, 0.15) is 25.3 Å². The molecule has 2 atom stereocenters. The van der Waals surface area contributed by atoms with Crippen molar-refractivity contribution in [1.29, 1.82) is 0 Å². The van der Waals surface area contributed by atoms with Gasteiger partial charge in [0.25, 0.3) is 0 Å². The van der Waals surface area contributed by atoms with Crippen LogP contribution >= 0.6 is 11.8 Å². The van der Waals surface area contributed by atoms with Gasteiger partial charge < -0.3 is 20.8 Å². The number of thioether (sulfide) groups is 1. The molecule has 2 unspecified atom stereocenters. The van der Waals surface area contributed by atoms with Gasteiger partial charge in [-0.2, -0.15) is 0 Å². The number of hydrogen-bond acceptors (Lipinski definition) is 7. The summed E-state index contributed by atoms with van der Waals surface area (Å²) in [7, 11) is 0. The SMILES string of the molecule is CC(=O)NC(CSC1CC(=O)N(CCNC(=O)CCc2ccc(O)cc2)C1=O)C(=O)O. The summed E-state index contributed by atoms with van der Waals surface area (Å²) >= 11 is 1.01. The molecule has 31 heavy (non-hydrogen) atoms. The van der Waals surface area contributed by atoms with Crippen LogP contribution in [-0.2, 0) is 30.4 Å². The van der Waals surface area contributed by atoms with E-state index in [0.717, 1.165) is 22.2 Å². The van der Waals surface area contributed by atoms with E-state index in [1.54, 1.807) is 24.3 Å². The maximum Gasteiger partial charge on any atom is 0.327 e. The smallest absolute Gasteiger partial charge is 0.327 e. The van der Waals surface area contributed by atoms with Crippen LogP contribution in [0, 0.1) is 0 Å². The van der Waals surface area contributed by atoms with Gasteiger partial charge in [0, 0.05) is 38.6 Å². The number of carboxylic acid groups (broad SMARTS) is 1. The number of benzene rings is 1. The molecule has 1 aromatic carbocycles. The molecule has 0 spiro atoms. The van der Waals surface area contributed by atoms with Gasteiger partial charge in [0.1, 0.15) is 11.8 Å². The second-order valence-electron chi connectivity index (χ2n) is 7.02. The molecule has 1 heterocycles. The average molecular weight is 452 g/mol. The van der Waals surface area contributed by atoms with Crippen LogP contribution in [0.3, 0.4) is 0 Å². The molecular formula is C20H25N3O7S. The van der Waals surface area contributed by atoms with E-state index in [9.17, 15) is 29.1 Å². The number of rotatable bonds is 11. The minimum atomic E-state index is -1.22. The number of aromatic hydroxyl groups is 1. The number of aryl methyl sites for hydroxylation is 1. The lowest BCUT2D eigenvalue weighted by Crippen LogP contribution is -2.42. The van der Waals surface area contributed by atoms with E-state index in [1.807, 2.05) is 0 Å². The number of aliphatic carboxylic acids is 1. The predicted molar refractivity (Wildman–Crippen MR) is 112 cm³/mol. The Kier molecular flexibility index (Phi) is 8.86. The monoisotopic (exact) mass is 451 g/mol. The molecule has 10 nitrogen and oxygen atoms in total. The first-order valence-electron chi connectivity index (χ1n) is 9.67. The summed E-state index contributed by atoms with van der Waals surface area (Å²) in [5.41, 5.74) is 0.900. The number of carbonyl (C=O) groups is 5. The molecule has 11 heteroatoms. The average Bonchev–Trinajstić information content (AvgIpc) is 2.97. The lowest BCUT2D eigenvalue weighted by molar-refractivity contribution is -0.141. The number of phenolic OH excluding ortho intramolecular Hbond substituents is 1. The van der Waals surface area contributed by atoms with Gasteiger partial charge in [-0.25, -0.2) is 4.79 Å². The molecule has 1 aliphatic rings. The van der Waals surface area contributed by atoms with E-state index in [4.69, 9.17) is 5.11 Å². The Morgan fingerprint density at radius 2 is 1.90 bits per heavy atom. The summed E-state index contributed by atoms with van der Waals surface area (Å²) in [6, 6.07) is 5.39. The summed E-state index contributed by atoms with van der Waals surface area (Å²) in [6.07, 6.45) is 0.668. The highest BCUT2D eigenvalue weighted by Gasteiger charge is 2.39. The second kappa shape index (κ2) is 11.3. The Bertz CT molecular complexity index is 844. The molecule has 0 aliphatic carbocycles. The van der Waals surface area contributed by atoms with Crippen molar-refractivity contribution in [3.05, 3.63) is 29.8 Å². The Morgan fingerprint density at radius 3 is 2.52 bits per heavy atom. The Hall–Kier alpha value is -3.08. The Balaban J connectivity index is 1.74. The molecule has 0 bridgehead atoms. The molecule has 0 saturated carbocycles. The summed E-state index contributed by atoms with van der Waals surface area (Å²) in [5.74, 6) is -2.64. The molecule has 4 N–H and O–H groups in total. The summed E-state index contributed by atoms with van der Waals surface area (Å²) in [4.78, 5) is 59.9. The van der Waals surface area contributed by atoms with Gasteiger partial charge >= 0.3 is 5.97 Å². The van der Waals surface area contributed by atoms with Crippen molar-refractivity contribution in [2.24, 2.45) is 0 Å². The number of hydrogen-bond donors (Lipinski definition) is 4. The number of likely N-dealkylation sites (tertiary alicyclic amines) is 1. The van der Waals surface area contributed by atoms with Gasteiger partial charge in [0.2, 0.25) is 23.6 Å². The molecule has 2 rings (SSSR count). The standard InChI is InChI=1S/C20H25N3O7S/c1-12(24)22-15(20(29)30)11-31-16-10-18(27)23(19(16)28)9-8-21-17(26)7-4-13-2-5-14(25)6-3-13/h2-3,5-6,15-16,25H,4,7-11H2,1H3,(H,21,26)(H,22,24)(H,29,30). The summed E-state index contributed by atoms with van der Waals surface area (Å²) < 4.78 is 0. The predicted octanol–water partition coefficient (Wildman–Crippen LogP) is -0.109. The van der Waals surface area contributed by atoms with Crippen molar-refractivity contribution in [2.45, 2.75) is 37.5 Å². The van der Waals surface area contributed by atoms with Crippen molar-refractivity contribution in [2.75, 3.05) is 18.8 Å². The third kappa shape index (κ3) is 7.59. The van der Waals surface area contributed by atoms with Crippen molar-refractivity contribution < 1.29 is 34.2 Å². The fourth-order valence-corrected chi connectivity index (χ4v) is 4.15. The van der Waals surface area contributed by atoms with Crippen molar-refractivity contribution >= 4 is 41.4 Å². The van der Waals surface area contributed by atoms with E-state index in [2.05, 4.69) is 10.6 Å². The fourth-order valence-electron chi connectivity index (χ4n) is 2.97. The van der Waals surface area contributed by atoms with Crippen molar-refractivity contribution in [1.82, 2.24) is 15.5 Å². The van der Waals surface area contributed by atoms with Crippen LogP contribution < -0.4 is 10.6 Å². The van der Waals surface area contributed by atoms with E-state index in [1.165, 1.54) is 6.92 Å². The number of amides is 4. The molecule has 1 saturated heterocycles. The van der Waals surface area contributed by atoms with E-state index < -0.39 is 29.1 Å². The topological polar surface area (TPSA) is 153 Å². The lowest BCUT2D eigenvalue weighted by atomic mass is 10.1. The minimum Gasteiger partial charge on any atom is -0.508 e. The second-order valence-corrected chi connectivity index (χ2v) is 8.25. The largest absolute Gasteiger partial charge is 0.508 e. The van der Waals surface area contributed by atoms with E-state index >= 15 is 0 Å². The molecule has 1 fully saturated rings. The molecular weight excluding hydrogens is 426 g/mol. The van der Waals surface area contributed by atoms with E-state index in [-0.39, 0.29) is 49.2 Å². The third-order valence-electron chi connectivity index (χ3n) is 4.58. The molecule has 1 aromatic rings. The first-order chi connectivity index (χ1) is 14.7. The maximum atomic E-state index is 12.5. The molecule has 1 aliphatic heterocycles. The summed E-state index contributed by atoms with van der Waals surface area (Å²) in [6.45, 7) is 1.35. The van der Waals surface area contributed by atoms with Gasteiger partial charge in [-0.1, -0.05) is 12.1 Å². The van der Waals surface area contributed by atoms with Crippen molar-refractivity contribution in [3.8, 4) is 5.75 Å². The number of imide groups is 1. The van der Waals surface area contributed by atoms with Crippen LogP contribution in [-0.4, -0.2) is 74.8 Å². The number of carbonyl (C=O) groups excluding carboxylic acids is 4. The van der Waals surface area contributed by atoms with Gasteiger partial charge in [-0.15, -0.1) is 11.8 Å². The zero-order valence-electron chi connectivity index (χ0n) is 17.0. The first kappa shape index (κ1) is 24.2. The Labute approximate surface area is 183 Å². The zero-order chi connectivity index (χ0) is 23.0. The quantitative estimate of drug-likeness (QED) is 0.340. The third-order valence-corrected chi connectivity index (χ3v) is 5.87. The van der Waals surface area contributed by atoms with Crippen LogP contribution in [0.15, 0.2) is 24.3 Å². The molecule has 0 radical (unpaired) electrons. The van der Waals surface area contributed by atoms with Crippen molar-refractivity contribution in [3.63, 3.8) is 0 Å². The molecule has 4 amide bonds. The summed E-state index contributed by atoms with van der Waals surface area (Å²) in [5, 5.41) is 22.6. The van der Waals surface area contributed by atoms with Crippen LogP contribution in [0.5, 0.6) is 5.75 Å². The van der Waals surface area contributed by atoms with Gasteiger partial charge in [-0.3, -0.25) is 24.1 Å². The van der Waals surface area contributed by atoms with E-state index in [0.29, 0.717) is 6.42 Å². The maximum absolute atomic E-state index is 12.5. The number of carboxylic acids is 1. The highest BCUT2D eigenvalue weighted by atomic mass is 32.2. The van der Waals surface area contributed by atoms with Crippen LogP contribution in [0.4, 0.5) is 0 Å². The molecule has 0 aromatic heterocycles. The molecule has 168 valence electrons. The lowest BCUT2D eigenvalue weighted by Gasteiger charge is -2.17. The number of phenols is 1.